The Bertz CT molecular complexity index is 604. The zero-order valence-corrected chi connectivity index (χ0v) is 11.7. The Kier molecular flexibility index (Phi) is 4.30. The van der Waals surface area contributed by atoms with Gasteiger partial charge >= 0.3 is 5.97 Å². The van der Waals surface area contributed by atoms with E-state index in [1.165, 1.54) is 7.11 Å². The number of furan rings is 1. The zero-order valence-electron chi connectivity index (χ0n) is 11.7. The van der Waals surface area contributed by atoms with E-state index >= 15 is 0 Å². The van der Waals surface area contributed by atoms with Crippen molar-refractivity contribution in [3.8, 4) is 5.75 Å². The molecule has 5 heteroatoms. The molecule has 1 heterocycles. The van der Waals surface area contributed by atoms with Gasteiger partial charge in [0.05, 0.1) is 20.8 Å². The summed E-state index contributed by atoms with van der Waals surface area (Å²) in [5, 5.41) is 3.25. The number of esters is 1. The number of nitrogens with one attached hydrogen (secondary N) is 1. The van der Waals surface area contributed by atoms with E-state index in [9.17, 15) is 4.79 Å². The Morgan fingerprint density at radius 2 is 2.05 bits per heavy atom. The molecule has 0 bridgehead atoms. The summed E-state index contributed by atoms with van der Waals surface area (Å²) >= 11 is 0. The van der Waals surface area contributed by atoms with E-state index in [0.717, 1.165) is 17.0 Å². The minimum absolute atomic E-state index is 0.204. The van der Waals surface area contributed by atoms with Crippen molar-refractivity contribution in [2.45, 2.75) is 13.5 Å². The summed E-state index contributed by atoms with van der Waals surface area (Å²) in [6.45, 7) is 2.48. The van der Waals surface area contributed by atoms with E-state index in [1.807, 2.05) is 25.1 Å². The Morgan fingerprint density at radius 1 is 1.25 bits per heavy atom. The second-order valence-corrected chi connectivity index (χ2v) is 4.29. The molecule has 0 aliphatic rings. The van der Waals surface area contributed by atoms with Crippen LogP contribution in [0.2, 0.25) is 0 Å². The maximum absolute atomic E-state index is 11.3. The van der Waals surface area contributed by atoms with Gasteiger partial charge in [-0.15, -0.1) is 0 Å². The first kappa shape index (κ1) is 14.0. The molecule has 0 aliphatic carbocycles. The third-order valence-electron chi connectivity index (χ3n) is 2.93. The highest BCUT2D eigenvalue weighted by atomic mass is 16.5. The molecule has 0 saturated heterocycles. The molecule has 0 radical (unpaired) electrons. The maximum Gasteiger partial charge on any atom is 0.373 e. The third kappa shape index (κ3) is 3.12. The van der Waals surface area contributed by atoms with Gasteiger partial charge in [-0.1, -0.05) is 0 Å². The molecule has 1 N–H and O–H groups in total. The summed E-state index contributed by atoms with van der Waals surface area (Å²) in [4.78, 5) is 11.3. The molecule has 0 aliphatic heterocycles. The van der Waals surface area contributed by atoms with Crippen molar-refractivity contribution in [2.75, 3.05) is 19.5 Å². The van der Waals surface area contributed by atoms with Crippen LogP contribution in [0.1, 0.15) is 21.9 Å². The molecule has 0 saturated carbocycles. The van der Waals surface area contributed by atoms with E-state index in [4.69, 9.17) is 9.15 Å². The summed E-state index contributed by atoms with van der Waals surface area (Å²) in [6.07, 6.45) is 0. The minimum atomic E-state index is -0.475. The van der Waals surface area contributed by atoms with Crippen LogP contribution in [-0.4, -0.2) is 20.2 Å². The average Bonchev–Trinajstić information content (AvgIpc) is 2.94. The number of hydrogen-bond donors (Lipinski definition) is 1. The number of ether oxygens (including phenoxy) is 2. The number of rotatable bonds is 5. The van der Waals surface area contributed by atoms with Crippen molar-refractivity contribution in [3.63, 3.8) is 0 Å². The molecule has 0 spiro atoms. The fraction of sp³-hybridized carbons (Fsp3) is 0.267. The van der Waals surface area contributed by atoms with Crippen LogP contribution in [0.5, 0.6) is 5.75 Å². The normalized spacial score (nSPS) is 10.2. The maximum atomic E-state index is 11.3. The highest BCUT2D eigenvalue weighted by Gasteiger charge is 2.11. The van der Waals surface area contributed by atoms with Crippen LogP contribution in [0.15, 0.2) is 34.7 Å². The smallest absolute Gasteiger partial charge is 0.373 e. The number of carbonyl (C=O) groups excluding carboxylic acids is 1. The molecule has 2 rings (SSSR count). The fourth-order valence-corrected chi connectivity index (χ4v) is 1.83. The van der Waals surface area contributed by atoms with E-state index in [0.29, 0.717) is 12.3 Å². The highest BCUT2D eigenvalue weighted by molar-refractivity contribution is 5.86. The van der Waals surface area contributed by atoms with Crippen LogP contribution >= 0.6 is 0 Å². The topological polar surface area (TPSA) is 60.7 Å². The molecular formula is C15H17NO4. The second kappa shape index (κ2) is 6.14. The lowest BCUT2D eigenvalue weighted by Crippen LogP contribution is -2.01. The van der Waals surface area contributed by atoms with Gasteiger partial charge in [-0.05, 0) is 42.8 Å². The molecule has 0 atom stereocenters. The lowest BCUT2D eigenvalue weighted by molar-refractivity contribution is 0.0563. The monoisotopic (exact) mass is 275 g/mol. The van der Waals surface area contributed by atoms with Crippen molar-refractivity contribution in [1.29, 1.82) is 0 Å². The highest BCUT2D eigenvalue weighted by Crippen LogP contribution is 2.22. The molecule has 20 heavy (non-hydrogen) atoms. The molecule has 106 valence electrons. The molecule has 0 amide bonds. The van der Waals surface area contributed by atoms with Gasteiger partial charge in [0, 0.05) is 5.69 Å². The third-order valence-corrected chi connectivity index (χ3v) is 2.93. The fourth-order valence-electron chi connectivity index (χ4n) is 1.83. The largest absolute Gasteiger partial charge is 0.497 e. The van der Waals surface area contributed by atoms with E-state index in [1.54, 1.807) is 19.2 Å². The average molecular weight is 275 g/mol. The summed E-state index contributed by atoms with van der Waals surface area (Å²) in [7, 11) is 2.96. The first-order valence-corrected chi connectivity index (χ1v) is 6.19. The van der Waals surface area contributed by atoms with Crippen molar-refractivity contribution in [2.24, 2.45) is 0 Å². The first-order valence-electron chi connectivity index (χ1n) is 6.19. The van der Waals surface area contributed by atoms with Gasteiger partial charge in [-0.25, -0.2) is 4.79 Å². The number of methoxy groups -OCH3 is 2. The van der Waals surface area contributed by atoms with Gasteiger partial charge in [-0.2, -0.15) is 0 Å². The van der Waals surface area contributed by atoms with Gasteiger partial charge in [0.25, 0.3) is 0 Å². The number of anilines is 1. The summed E-state index contributed by atoms with van der Waals surface area (Å²) in [6, 6.07) is 9.13. The van der Waals surface area contributed by atoms with Gasteiger partial charge in [0.1, 0.15) is 11.5 Å². The van der Waals surface area contributed by atoms with Crippen LogP contribution in [0, 0.1) is 6.92 Å². The summed E-state index contributed by atoms with van der Waals surface area (Å²) < 4.78 is 15.1. The summed E-state index contributed by atoms with van der Waals surface area (Å²) in [5.74, 6) is 1.22. The van der Waals surface area contributed by atoms with Crippen LogP contribution in [0.25, 0.3) is 0 Å². The standard InChI is InChI=1S/C15H17NO4/c1-10-8-11(18-2)4-6-13(10)16-9-12-5-7-14(20-12)15(17)19-3/h4-8,16H,9H2,1-3H3. The molecule has 1 aromatic carbocycles. The van der Waals surface area contributed by atoms with Crippen molar-refractivity contribution in [1.82, 2.24) is 0 Å². The molecule has 1 aromatic heterocycles. The van der Waals surface area contributed by atoms with Crippen molar-refractivity contribution >= 4 is 11.7 Å². The van der Waals surface area contributed by atoms with E-state index < -0.39 is 5.97 Å². The number of carbonyl (C=O) groups is 1. The SMILES string of the molecule is COC(=O)c1ccc(CNc2ccc(OC)cc2C)o1. The zero-order chi connectivity index (χ0) is 14.5. The van der Waals surface area contributed by atoms with Crippen LogP contribution in [0.3, 0.4) is 0 Å². The predicted molar refractivity (Wildman–Crippen MR) is 75.1 cm³/mol. The molecule has 5 nitrogen and oxygen atoms in total. The van der Waals surface area contributed by atoms with Gasteiger partial charge in [-0.3, -0.25) is 0 Å². The van der Waals surface area contributed by atoms with Gasteiger partial charge < -0.3 is 19.2 Å². The minimum Gasteiger partial charge on any atom is -0.497 e. The van der Waals surface area contributed by atoms with Gasteiger partial charge in [0.15, 0.2) is 0 Å². The Morgan fingerprint density at radius 3 is 2.70 bits per heavy atom. The molecule has 0 fully saturated rings. The Balaban J connectivity index is 2.01. The van der Waals surface area contributed by atoms with Crippen LogP contribution in [0.4, 0.5) is 5.69 Å². The van der Waals surface area contributed by atoms with Crippen LogP contribution < -0.4 is 10.1 Å². The lowest BCUT2D eigenvalue weighted by Gasteiger charge is -2.09. The van der Waals surface area contributed by atoms with Crippen LogP contribution in [-0.2, 0) is 11.3 Å². The van der Waals surface area contributed by atoms with Gasteiger partial charge in [0.2, 0.25) is 5.76 Å². The molecular weight excluding hydrogens is 258 g/mol. The second-order valence-electron chi connectivity index (χ2n) is 4.29. The first-order chi connectivity index (χ1) is 9.63. The number of aryl methyl sites for hydroxylation is 1. The Labute approximate surface area is 117 Å². The van der Waals surface area contributed by atoms with E-state index in [2.05, 4.69) is 10.1 Å². The lowest BCUT2D eigenvalue weighted by atomic mass is 10.2. The molecule has 0 unspecified atom stereocenters. The van der Waals surface area contributed by atoms with E-state index in [-0.39, 0.29) is 5.76 Å². The number of hydrogen-bond acceptors (Lipinski definition) is 5. The van der Waals surface area contributed by atoms with Crippen molar-refractivity contribution < 1.29 is 18.7 Å². The van der Waals surface area contributed by atoms with Crippen molar-refractivity contribution in [3.05, 3.63) is 47.4 Å². The Hall–Kier alpha value is -2.43. The quantitative estimate of drug-likeness (QED) is 0.850. The molecule has 2 aromatic rings. The predicted octanol–water partition coefficient (Wildman–Crippen LogP) is 3.00. The summed E-state index contributed by atoms with van der Waals surface area (Å²) in [5.41, 5.74) is 2.06. The number of benzene rings is 1.